The molecule has 0 unspecified atom stereocenters. The largest absolute Gasteiger partial charge is 0.480 e. The van der Waals surface area contributed by atoms with Crippen LogP contribution >= 0.6 is 0 Å². The zero-order valence-corrected chi connectivity index (χ0v) is 11.1. The number of H-pyrrole nitrogens is 1. The molecule has 7 heteroatoms. The minimum Gasteiger partial charge on any atom is -0.480 e. The summed E-state index contributed by atoms with van der Waals surface area (Å²) in [4.78, 5) is 40.5. The normalized spacial score (nSPS) is 11.9. The monoisotopic (exact) mass is 267 g/mol. The van der Waals surface area contributed by atoms with Crippen LogP contribution in [-0.2, 0) is 16.0 Å². The smallest absolute Gasteiger partial charge is 0.325 e. The lowest BCUT2D eigenvalue weighted by molar-refractivity contribution is -0.141. The fourth-order valence-corrected chi connectivity index (χ4v) is 1.66. The topological polar surface area (TPSA) is 112 Å². The van der Waals surface area contributed by atoms with Gasteiger partial charge in [0.2, 0.25) is 5.91 Å². The van der Waals surface area contributed by atoms with Gasteiger partial charge in [0.1, 0.15) is 11.9 Å². The summed E-state index contributed by atoms with van der Waals surface area (Å²) in [6.07, 6.45) is 0.277. The molecule has 0 bridgehead atoms. The van der Waals surface area contributed by atoms with Crippen LogP contribution in [0.2, 0.25) is 0 Å². The fourth-order valence-electron chi connectivity index (χ4n) is 1.66. The fraction of sp³-hybridized carbons (Fsp3) is 0.500. The van der Waals surface area contributed by atoms with E-state index in [9.17, 15) is 14.4 Å². The highest BCUT2D eigenvalue weighted by Gasteiger charge is 2.15. The van der Waals surface area contributed by atoms with E-state index in [1.807, 2.05) is 0 Å². The van der Waals surface area contributed by atoms with Crippen molar-refractivity contribution in [3.63, 3.8) is 0 Å². The van der Waals surface area contributed by atoms with Crippen LogP contribution in [-0.4, -0.2) is 33.0 Å². The third-order valence-electron chi connectivity index (χ3n) is 2.69. The number of carbonyl (C=O) groups is 2. The quantitative estimate of drug-likeness (QED) is 0.690. The van der Waals surface area contributed by atoms with Crippen LogP contribution < -0.4 is 10.9 Å². The maximum Gasteiger partial charge on any atom is 0.325 e. The highest BCUT2D eigenvalue weighted by molar-refractivity contribution is 5.83. The maximum absolute atomic E-state index is 11.7. The first-order valence-electron chi connectivity index (χ1n) is 5.90. The number of aromatic nitrogens is 2. The molecule has 7 nitrogen and oxygen atoms in total. The van der Waals surface area contributed by atoms with Gasteiger partial charge < -0.3 is 15.4 Å². The second kappa shape index (κ2) is 6.12. The molecule has 0 radical (unpaired) electrons. The summed E-state index contributed by atoms with van der Waals surface area (Å²) in [5, 5.41) is 11.0. The standard InChI is InChI=1S/C12H17N3O4/c1-6-9(11(17)15-8(3)13-6)4-5-10(16)14-7(2)12(18)19/h7H,4-5H2,1-3H3,(H,14,16)(H,18,19)(H,13,15,17)/t7-/m0/s1. The maximum atomic E-state index is 11.7. The zero-order chi connectivity index (χ0) is 14.6. The summed E-state index contributed by atoms with van der Waals surface area (Å²) >= 11 is 0. The highest BCUT2D eigenvalue weighted by atomic mass is 16.4. The third-order valence-corrected chi connectivity index (χ3v) is 2.69. The molecule has 0 spiro atoms. The number of nitrogens with zero attached hydrogens (tertiary/aromatic N) is 1. The lowest BCUT2D eigenvalue weighted by Crippen LogP contribution is -2.38. The predicted molar refractivity (Wildman–Crippen MR) is 67.9 cm³/mol. The van der Waals surface area contributed by atoms with Gasteiger partial charge in [-0.05, 0) is 27.2 Å². The molecule has 104 valence electrons. The molecule has 0 fully saturated rings. The molecule has 0 saturated carbocycles. The minimum atomic E-state index is -1.10. The molecular formula is C12H17N3O4. The first kappa shape index (κ1) is 14.9. The van der Waals surface area contributed by atoms with Crippen molar-refractivity contribution < 1.29 is 14.7 Å². The van der Waals surface area contributed by atoms with E-state index in [1.54, 1.807) is 13.8 Å². The number of hydrogen-bond acceptors (Lipinski definition) is 4. The molecule has 0 saturated heterocycles. The number of aromatic amines is 1. The average molecular weight is 267 g/mol. The van der Waals surface area contributed by atoms with Gasteiger partial charge in [-0.25, -0.2) is 4.98 Å². The zero-order valence-electron chi connectivity index (χ0n) is 11.1. The van der Waals surface area contributed by atoms with Gasteiger partial charge in [0.05, 0.1) is 0 Å². The SMILES string of the molecule is Cc1nc(C)c(CCC(=O)N[C@@H](C)C(=O)O)c(=O)[nH]1. The van der Waals surface area contributed by atoms with Gasteiger partial charge >= 0.3 is 5.97 Å². The van der Waals surface area contributed by atoms with Gasteiger partial charge in [0.25, 0.3) is 5.56 Å². The number of hydrogen-bond donors (Lipinski definition) is 3. The summed E-state index contributed by atoms with van der Waals surface area (Å²) in [7, 11) is 0. The molecule has 0 aliphatic carbocycles. The van der Waals surface area contributed by atoms with Crippen molar-refractivity contribution in [2.45, 2.75) is 39.7 Å². The number of aryl methyl sites for hydroxylation is 2. The van der Waals surface area contributed by atoms with Crippen LogP contribution in [0.15, 0.2) is 4.79 Å². The minimum absolute atomic E-state index is 0.0479. The van der Waals surface area contributed by atoms with Gasteiger partial charge in [-0.1, -0.05) is 0 Å². The van der Waals surface area contributed by atoms with Crippen LogP contribution in [0.1, 0.15) is 30.4 Å². The van der Waals surface area contributed by atoms with Crippen LogP contribution in [0.3, 0.4) is 0 Å². The van der Waals surface area contributed by atoms with Crippen LogP contribution in [0.5, 0.6) is 0 Å². The highest BCUT2D eigenvalue weighted by Crippen LogP contribution is 2.02. The summed E-state index contributed by atoms with van der Waals surface area (Å²) < 4.78 is 0. The first-order valence-corrected chi connectivity index (χ1v) is 5.90. The van der Waals surface area contributed by atoms with Crippen molar-refractivity contribution in [3.05, 3.63) is 27.4 Å². The van der Waals surface area contributed by atoms with E-state index < -0.39 is 17.9 Å². The Labute approximate surface area is 110 Å². The molecule has 1 amide bonds. The average Bonchev–Trinajstić information content (AvgIpc) is 2.27. The third kappa shape index (κ3) is 4.20. The Morgan fingerprint density at radius 1 is 1.42 bits per heavy atom. The summed E-state index contributed by atoms with van der Waals surface area (Å²) in [6.45, 7) is 4.76. The molecule has 1 aromatic rings. The molecule has 1 heterocycles. The van der Waals surface area contributed by atoms with Crippen molar-refractivity contribution >= 4 is 11.9 Å². The second-order valence-electron chi connectivity index (χ2n) is 4.34. The molecule has 1 atom stereocenters. The van der Waals surface area contributed by atoms with E-state index in [1.165, 1.54) is 6.92 Å². The number of rotatable bonds is 5. The lowest BCUT2D eigenvalue weighted by Gasteiger charge is -2.09. The summed E-state index contributed by atoms with van der Waals surface area (Å²) in [5.41, 5.74) is 0.771. The van der Waals surface area contributed by atoms with Crippen molar-refractivity contribution in [1.29, 1.82) is 0 Å². The van der Waals surface area contributed by atoms with Gasteiger partial charge in [0, 0.05) is 17.7 Å². The molecular weight excluding hydrogens is 250 g/mol. The lowest BCUT2D eigenvalue weighted by atomic mass is 10.1. The van der Waals surface area contributed by atoms with Gasteiger partial charge in [0.15, 0.2) is 0 Å². The molecule has 0 aliphatic heterocycles. The Bertz CT molecular complexity index is 550. The van der Waals surface area contributed by atoms with E-state index in [-0.39, 0.29) is 18.4 Å². The molecule has 19 heavy (non-hydrogen) atoms. The first-order chi connectivity index (χ1) is 8.81. The Morgan fingerprint density at radius 3 is 2.58 bits per heavy atom. The van der Waals surface area contributed by atoms with Crippen molar-refractivity contribution in [2.24, 2.45) is 0 Å². The second-order valence-corrected chi connectivity index (χ2v) is 4.34. The Balaban J connectivity index is 2.65. The number of carbonyl (C=O) groups excluding carboxylic acids is 1. The number of nitrogens with one attached hydrogen (secondary N) is 2. The molecule has 0 aliphatic rings. The van der Waals surface area contributed by atoms with Crippen LogP contribution in [0.4, 0.5) is 0 Å². The number of aliphatic carboxylic acids is 1. The Morgan fingerprint density at radius 2 is 2.05 bits per heavy atom. The van der Waals surface area contributed by atoms with Gasteiger partial charge in [-0.2, -0.15) is 0 Å². The van der Waals surface area contributed by atoms with E-state index in [4.69, 9.17) is 5.11 Å². The van der Waals surface area contributed by atoms with Crippen molar-refractivity contribution in [1.82, 2.24) is 15.3 Å². The van der Waals surface area contributed by atoms with E-state index >= 15 is 0 Å². The number of amides is 1. The van der Waals surface area contributed by atoms with E-state index in [2.05, 4.69) is 15.3 Å². The summed E-state index contributed by atoms with van der Waals surface area (Å²) in [5.74, 6) is -0.983. The van der Waals surface area contributed by atoms with E-state index in [0.717, 1.165) is 0 Å². The van der Waals surface area contributed by atoms with Crippen molar-refractivity contribution in [2.75, 3.05) is 0 Å². The van der Waals surface area contributed by atoms with Crippen LogP contribution in [0, 0.1) is 13.8 Å². The molecule has 1 rings (SSSR count). The number of carboxylic acid groups (broad SMARTS) is 1. The molecule has 1 aromatic heterocycles. The predicted octanol–water partition coefficient (Wildman–Crippen LogP) is -0.0914. The van der Waals surface area contributed by atoms with Gasteiger partial charge in [-0.3, -0.25) is 14.4 Å². The Hall–Kier alpha value is -2.18. The van der Waals surface area contributed by atoms with Crippen LogP contribution in [0.25, 0.3) is 0 Å². The van der Waals surface area contributed by atoms with Gasteiger partial charge in [-0.15, -0.1) is 0 Å². The summed E-state index contributed by atoms with van der Waals surface area (Å²) in [6, 6.07) is -0.942. The number of carboxylic acids is 1. The Kier molecular flexibility index (Phi) is 4.80. The molecule has 0 aromatic carbocycles. The van der Waals surface area contributed by atoms with E-state index in [0.29, 0.717) is 17.1 Å². The van der Waals surface area contributed by atoms with Crippen molar-refractivity contribution in [3.8, 4) is 0 Å². The molecule has 3 N–H and O–H groups in total.